The summed E-state index contributed by atoms with van der Waals surface area (Å²) in [6.07, 6.45) is 7.07. The fraction of sp³-hybridized carbons (Fsp3) is 0.200. The van der Waals surface area contributed by atoms with Crippen LogP contribution in [0.2, 0.25) is 0 Å². The highest BCUT2D eigenvalue weighted by Gasteiger charge is 2.16. The summed E-state index contributed by atoms with van der Waals surface area (Å²) in [5, 5.41) is 11.7. The molecule has 0 aliphatic heterocycles. The second-order valence-corrected chi connectivity index (χ2v) is 4.72. The van der Waals surface area contributed by atoms with Crippen molar-refractivity contribution in [3.63, 3.8) is 0 Å². The molecule has 0 saturated carbocycles. The normalized spacial score (nSPS) is 10.9. The average Bonchev–Trinajstić information content (AvgIpc) is 2.94. The molecule has 6 nitrogen and oxygen atoms in total. The van der Waals surface area contributed by atoms with Crippen LogP contribution in [-0.4, -0.2) is 19.5 Å². The molecular weight excluding hydrogens is 268 g/mol. The third-order valence-corrected chi connectivity index (χ3v) is 3.37. The van der Waals surface area contributed by atoms with Gasteiger partial charge in [0.05, 0.1) is 16.0 Å². The van der Waals surface area contributed by atoms with Crippen molar-refractivity contribution in [1.82, 2.24) is 14.5 Å². The predicted molar refractivity (Wildman–Crippen MR) is 79.5 cm³/mol. The molecule has 0 aliphatic carbocycles. The minimum Gasteiger partial charge on any atom is -0.302 e. The predicted octanol–water partition coefficient (Wildman–Crippen LogP) is 3.28. The first kappa shape index (κ1) is 13.2. The van der Waals surface area contributed by atoms with E-state index in [9.17, 15) is 10.1 Å². The van der Waals surface area contributed by atoms with Gasteiger partial charge in [-0.05, 0) is 24.6 Å². The lowest BCUT2D eigenvalue weighted by atomic mass is 10.1. The molecular formula is C15H14N4O2. The second kappa shape index (κ2) is 5.32. The highest BCUT2D eigenvalue weighted by molar-refractivity contribution is 5.93. The molecule has 6 heteroatoms. The van der Waals surface area contributed by atoms with E-state index in [1.165, 1.54) is 6.07 Å². The van der Waals surface area contributed by atoms with Crippen molar-refractivity contribution < 1.29 is 4.92 Å². The number of imidazole rings is 1. The molecule has 0 fully saturated rings. The fourth-order valence-electron chi connectivity index (χ4n) is 2.46. The SMILES string of the molecule is CCCc1nccn1-c1ccc([N+](=O)[O-])c2cccnc12. The summed E-state index contributed by atoms with van der Waals surface area (Å²) in [4.78, 5) is 19.4. The van der Waals surface area contributed by atoms with E-state index in [4.69, 9.17) is 0 Å². The van der Waals surface area contributed by atoms with Crippen LogP contribution < -0.4 is 0 Å². The number of aromatic nitrogens is 3. The van der Waals surface area contributed by atoms with Crippen molar-refractivity contribution in [2.75, 3.05) is 0 Å². The molecule has 0 radical (unpaired) electrons. The number of nitrogens with zero attached hydrogens (tertiary/aromatic N) is 4. The quantitative estimate of drug-likeness (QED) is 0.543. The molecule has 3 rings (SSSR count). The van der Waals surface area contributed by atoms with Gasteiger partial charge in [0.2, 0.25) is 0 Å². The van der Waals surface area contributed by atoms with Gasteiger partial charge < -0.3 is 4.57 Å². The zero-order chi connectivity index (χ0) is 14.8. The Kier molecular flexibility index (Phi) is 3.35. The van der Waals surface area contributed by atoms with Crippen molar-refractivity contribution in [2.45, 2.75) is 19.8 Å². The molecule has 0 atom stereocenters. The lowest BCUT2D eigenvalue weighted by Crippen LogP contribution is -2.02. The zero-order valence-corrected chi connectivity index (χ0v) is 11.6. The van der Waals surface area contributed by atoms with E-state index in [0.717, 1.165) is 24.4 Å². The third kappa shape index (κ3) is 2.24. The summed E-state index contributed by atoms with van der Waals surface area (Å²) in [5.41, 5.74) is 1.50. The Labute approximate surface area is 121 Å². The first-order valence-electron chi connectivity index (χ1n) is 6.77. The van der Waals surface area contributed by atoms with E-state index in [-0.39, 0.29) is 10.6 Å². The Balaban J connectivity index is 2.27. The van der Waals surface area contributed by atoms with E-state index in [0.29, 0.717) is 10.9 Å². The van der Waals surface area contributed by atoms with Crippen LogP contribution in [0.25, 0.3) is 16.6 Å². The molecule has 21 heavy (non-hydrogen) atoms. The smallest absolute Gasteiger partial charge is 0.278 e. The highest BCUT2D eigenvalue weighted by Crippen LogP contribution is 2.29. The van der Waals surface area contributed by atoms with Crippen molar-refractivity contribution in [1.29, 1.82) is 0 Å². The summed E-state index contributed by atoms with van der Waals surface area (Å²) >= 11 is 0. The number of non-ortho nitro benzene ring substituents is 1. The fourth-order valence-corrected chi connectivity index (χ4v) is 2.46. The standard InChI is InChI=1S/C15H14N4O2/c1-2-4-14-16-9-10-18(14)13-7-6-12(19(20)21)11-5-3-8-17-15(11)13/h3,5-10H,2,4H2,1H3. The van der Waals surface area contributed by atoms with Crippen molar-refractivity contribution in [3.05, 3.63) is 58.8 Å². The van der Waals surface area contributed by atoms with E-state index in [1.54, 1.807) is 30.6 Å². The lowest BCUT2D eigenvalue weighted by Gasteiger charge is -2.10. The van der Waals surface area contributed by atoms with Crippen molar-refractivity contribution >= 4 is 16.6 Å². The molecule has 0 bridgehead atoms. The monoisotopic (exact) mass is 282 g/mol. The molecule has 3 aromatic rings. The molecule has 0 amide bonds. The van der Waals surface area contributed by atoms with Gasteiger partial charge in [0.15, 0.2) is 0 Å². The molecule has 106 valence electrons. The second-order valence-electron chi connectivity index (χ2n) is 4.72. The van der Waals surface area contributed by atoms with E-state index >= 15 is 0 Å². The maximum Gasteiger partial charge on any atom is 0.278 e. The van der Waals surface area contributed by atoms with E-state index in [1.807, 2.05) is 10.8 Å². The molecule has 0 spiro atoms. The minimum absolute atomic E-state index is 0.0685. The summed E-state index contributed by atoms with van der Waals surface area (Å²) in [7, 11) is 0. The van der Waals surface area contributed by atoms with Crippen LogP contribution in [0.15, 0.2) is 42.9 Å². The number of pyridine rings is 1. The van der Waals surface area contributed by atoms with Gasteiger partial charge in [-0.25, -0.2) is 4.98 Å². The summed E-state index contributed by atoms with van der Waals surface area (Å²) < 4.78 is 1.95. The number of nitro groups is 1. The van der Waals surface area contributed by atoms with E-state index < -0.39 is 0 Å². The van der Waals surface area contributed by atoms with Gasteiger partial charge >= 0.3 is 0 Å². The molecule has 0 aliphatic rings. The van der Waals surface area contributed by atoms with E-state index in [2.05, 4.69) is 16.9 Å². The average molecular weight is 282 g/mol. The van der Waals surface area contributed by atoms with Crippen LogP contribution in [0.4, 0.5) is 5.69 Å². The molecule has 2 heterocycles. The Morgan fingerprint density at radius 1 is 1.24 bits per heavy atom. The summed E-state index contributed by atoms with van der Waals surface area (Å²) in [6.45, 7) is 2.09. The summed E-state index contributed by atoms with van der Waals surface area (Å²) in [5.74, 6) is 0.929. The largest absolute Gasteiger partial charge is 0.302 e. The topological polar surface area (TPSA) is 73.8 Å². The molecule has 0 unspecified atom stereocenters. The van der Waals surface area contributed by atoms with Crippen LogP contribution >= 0.6 is 0 Å². The van der Waals surface area contributed by atoms with Gasteiger partial charge in [-0.1, -0.05) is 6.92 Å². The molecule has 2 aromatic heterocycles. The Bertz CT molecular complexity index is 810. The zero-order valence-electron chi connectivity index (χ0n) is 11.6. The maximum atomic E-state index is 11.1. The van der Waals surface area contributed by atoms with Gasteiger partial charge in [0, 0.05) is 31.1 Å². The maximum absolute atomic E-state index is 11.1. The third-order valence-electron chi connectivity index (χ3n) is 3.37. The Morgan fingerprint density at radius 2 is 2.10 bits per heavy atom. The first-order chi connectivity index (χ1) is 10.2. The van der Waals surface area contributed by atoms with Crippen molar-refractivity contribution in [3.8, 4) is 5.69 Å². The van der Waals surface area contributed by atoms with Gasteiger partial charge in [-0.2, -0.15) is 0 Å². The van der Waals surface area contributed by atoms with Gasteiger partial charge in [0.1, 0.15) is 11.3 Å². The van der Waals surface area contributed by atoms with Gasteiger partial charge in [-0.3, -0.25) is 15.1 Å². The number of benzene rings is 1. The lowest BCUT2D eigenvalue weighted by molar-refractivity contribution is -0.383. The highest BCUT2D eigenvalue weighted by atomic mass is 16.6. The Morgan fingerprint density at radius 3 is 2.86 bits per heavy atom. The molecule has 0 N–H and O–H groups in total. The number of aryl methyl sites for hydroxylation is 1. The number of fused-ring (bicyclic) bond motifs is 1. The van der Waals surface area contributed by atoms with Crippen molar-refractivity contribution in [2.24, 2.45) is 0 Å². The number of hydrogen-bond acceptors (Lipinski definition) is 4. The molecule has 0 saturated heterocycles. The number of nitro benzene ring substituents is 1. The van der Waals surface area contributed by atoms with Crippen LogP contribution in [-0.2, 0) is 6.42 Å². The Hall–Kier alpha value is -2.76. The first-order valence-corrected chi connectivity index (χ1v) is 6.77. The van der Waals surface area contributed by atoms with Crippen LogP contribution in [0.1, 0.15) is 19.2 Å². The number of rotatable bonds is 4. The van der Waals surface area contributed by atoms with Gasteiger partial charge in [-0.15, -0.1) is 0 Å². The number of hydrogen-bond donors (Lipinski definition) is 0. The summed E-state index contributed by atoms with van der Waals surface area (Å²) in [6, 6.07) is 6.68. The molecule has 1 aromatic carbocycles. The van der Waals surface area contributed by atoms with Crippen LogP contribution in [0.5, 0.6) is 0 Å². The van der Waals surface area contributed by atoms with Crippen LogP contribution in [0.3, 0.4) is 0 Å². The van der Waals surface area contributed by atoms with Crippen LogP contribution in [0, 0.1) is 10.1 Å². The minimum atomic E-state index is -0.380. The van der Waals surface area contributed by atoms with Gasteiger partial charge in [0.25, 0.3) is 5.69 Å².